The molecule has 0 aromatic heterocycles. The molecular weight excluding hydrogens is 264 g/mol. The molecule has 5 heteroatoms. The lowest BCUT2D eigenvalue weighted by Crippen LogP contribution is -2.48. The van der Waals surface area contributed by atoms with Gasteiger partial charge in [-0.1, -0.05) is 25.1 Å². The topological polar surface area (TPSA) is 61.6 Å². The van der Waals surface area contributed by atoms with Gasteiger partial charge in [0.1, 0.15) is 0 Å². The van der Waals surface area contributed by atoms with Crippen LogP contribution in [-0.2, 0) is 11.3 Å². The summed E-state index contributed by atoms with van der Waals surface area (Å²) in [6.07, 6.45) is 1.19. The summed E-state index contributed by atoms with van der Waals surface area (Å²) >= 11 is 0. The number of benzene rings is 1. The third kappa shape index (κ3) is 4.81. The van der Waals surface area contributed by atoms with E-state index in [1.54, 1.807) is 0 Å². The first kappa shape index (κ1) is 15.9. The van der Waals surface area contributed by atoms with Gasteiger partial charge in [0, 0.05) is 38.4 Å². The summed E-state index contributed by atoms with van der Waals surface area (Å²) < 4.78 is 0. The van der Waals surface area contributed by atoms with Crippen molar-refractivity contribution in [3.05, 3.63) is 29.8 Å². The number of nitrogens with two attached hydrogens (primary N) is 1. The second kappa shape index (κ2) is 8.12. The van der Waals surface area contributed by atoms with Crippen LogP contribution in [0.25, 0.3) is 0 Å². The molecular formula is C16H26N4O. The fourth-order valence-corrected chi connectivity index (χ4v) is 2.70. The molecule has 0 unspecified atom stereocenters. The highest BCUT2D eigenvalue weighted by Crippen LogP contribution is 2.14. The van der Waals surface area contributed by atoms with E-state index < -0.39 is 0 Å². The van der Waals surface area contributed by atoms with Crippen molar-refractivity contribution in [1.82, 2.24) is 9.80 Å². The van der Waals surface area contributed by atoms with Crippen molar-refractivity contribution in [3.63, 3.8) is 0 Å². The summed E-state index contributed by atoms with van der Waals surface area (Å²) in [5.41, 5.74) is 7.49. The van der Waals surface area contributed by atoms with Crippen LogP contribution in [0.15, 0.2) is 24.3 Å². The Morgan fingerprint density at radius 1 is 1.19 bits per heavy atom. The van der Waals surface area contributed by atoms with Crippen LogP contribution in [0, 0.1) is 0 Å². The zero-order chi connectivity index (χ0) is 15.1. The van der Waals surface area contributed by atoms with Crippen LogP contribution in [0.5, 0.6) is 0 Å². The highest BCUT2D eigenvalue weighted by molar-refractivity contribution is 5.93. The Balaban J connectivity index is 1.80. The number of carbonyl (C=O) groups excluding carboxylic acids is 1. The van der Waals surface area contributed by atoms with Gasteiger partial charge in [-0.25, -0.2) is 0 Å². The molecule has 0 radical (unpaired) electrons. The number of nitrogens with zero attached hydrogens (tertiary/aromatic N) is 2. The molecule has 116 valence electrons. The number of rotatable bonds is 6. The summed E-state index contributed by atoms with van der Waals surface area (Å²) in [5.74, 6) is 0.0415. The zero-order valence-electron chi connectivity index (χ0n) is 12.8. The average Bonchev–Trinajstić information content (AvgIpc) is 2.50. The fraction of sp³-hybridized carbons (Fsp3) is 0.562. The first-order valence-electron chi connectivity index (χ1n) is 7.75. The molecule has 1 heterocycles. The van der Waals surface area contributed by atoms with Gasteiger partial charge in [-0.3, -0.25) is 9.69 Å². The van der Waals surface area contributed by atoms with Crippen molar-refractivity contribution in [2.24, 2.45) is 5.73 Å². The average molecular weight is 290 g/mol. The molecule has 0 aliphatic carbocycles. The van der Waals surface area contributed by atoms with Crippen molar-refractivity contribution < 1.29 is 4.79 Å². The van der Waals surface area contributed by atoms with Gasteiger partial charge >= 0.3 is 0 Å². The number of anilines is 1. The predicted molar refractivity (Wildman–Crippen MR) is 86.1 cm³/mol. The van der Waals surface area contributed by atoms with Crippen LogP contribution in [0.4, 0.5) is 5.69 Å². The highest BCUT2D eigenvalue weighted by atomic mass is 16.2. The van der Waals surface area contributed by atoms with Crippen LogP contribution in [0.3, 0.4) is 0 Å². The summed E-state index contributed by atoms with van der Waals surface area (Å²) in [6, 6.07) is 7.70. The van der Waals surface area contributed by atoms with Crippen LogP contribution in [0.2, 0.25) is 0 Å². The molecule has 0 spiro atoms. The van der Waals surface area contributed by atoms with Crippen LogP contribution >= 0.6 is 0 Å². The molecule has 1 saturated heterocycles. The summed E-state index contributed by atoms with van der Waals surface area (Å²) in [6.45, 7) is 8.29. The molecule has 1 fully saturated rings. The van der Waals surface area contributed by atoms with Gasteiger partial charge in [0.15, 0.2) is 0 Å². The monoisotopic (exact) mass is 290 g/mol. The van der Waals surface area contributed by atoms with Gasteiger partial charge in [0.05, 0.1) is 6.54 Å². The molecule has 0 atom stereocenters. The molecule has 1 amide bonds. The number of hydrogen-bond acceptors (Lipinski definition) is 4. The lowest BCUT2D eigenvalue weighted by molar-refractivity contribution is -0.117. The SMILES string of the molecule is CCCN1CCN(CC(=O)Nc2ccccc2CN)CC1. The predicted octanol–water partition coefficient (Wildman–Crippen LogP) is 1.11. The van der Waals surface area contributed by atoms with E-state index in [9.17, 15) is 4.79 Å². The molecule has 0 bridgehead atoms. The van der Waals surface area contributed by atoms with E-state index in [1.165, 1.54) is 6.42 Å². The third-order valence-corrected chi connectivity index (χ3v) is 3.88. The van der Waals surface area contributed by atoms with Crippen molar-refractivity contribution in [2.45, 2.75) is 19.9 Å². The molecule has 0 saturated carbocycles. The maximum Gasteiger partial charge on any atom is 0.238 e. The van der Waals surface area contributed by atoms with Crippen molar-refractivity contribution in [3.8, 4) is 0 Å². The lowest BCUT2D eigenvalue weighted by atomic mass is 10.2. The minimum atomic E-state index is 0.0415. The van der Waals surface area contributed by atoms with E-state index in [4.69, 9.17) is 5.73 Å². The zero-order valence-corrected chi connectivity index (χ0v) is 12.8. The molecule has 1 aromatic carbocycles. The molecule has 2 rings (SSSR count). The number of para-hydroxylation sites is 1. The fourth-order valence-electron chi connectivity index (χ4n) is 2.70. The van der Waals surface area contributed by atoms with E-state index >= 15 is 0 Å². The number of piperazine rings is 1. The van der Waals surface area contributed by atoms with Crippen molar-refractivity contribution >= 4 is 11.6 Å². The minimum absolute atomic E-state index is 0.0415. The number of amides is 1. The lowest BCUT2D eigenvalue weighted by Gasteiger charge is -2.34. The van der Waals surface area contributed by atoms with E-state index in [1.807, 2.05) is 24.3 Å². The Kier molecular flexibility index (Phi) is 6.17. The quantitative estimate of drug-likeness (QED) is 0.824. The molecule has 3 N–H and O–H groups in total. The van der Waals surface area contributed by atoms with Gasteiger partial charge < -0.3 is 16.0 Å². The first-order valence-corrected chi connectivity index (χ1v) is 7.75. The maximum absolute atomic E-state index is 12.1. The van der Waals surface area contributed by atoms with E-state index in [0.29, 0.717) is 13.1 Å². The van der Waals surface area contributed by atoms with Gasteiger partial charge in [-0.2, -0.15) is 0 Å². The molecule has 5 nitrogen and oxygen atoms in total. The number of carbonyl (C=O) groups is 1. The Hall–Kier alpha value is -1.43. The van der Waals surface area contributed by atoms with Gasteiger partial charge in [0.2, 0.25) is 5.91 Å². The van der Waals surface area contributed by atoms with Crippen LogP contribution in [-0.4, -0.2) is 55.0 Å². The normalized spacial score (nSPS) is 16.9. The second-order valence-electron chi connectivity index (χ2n) is 5.53. The minimum Gasteiger partial charge on any atom is -0.326 e. The van der Waals surface area contributed by atoms with E-state index in [0.717, 1.165) is 44.0 Å². The van der Waals surface area contributed by atoms with Crippen molar-refractivity contribution in [1.29, 1.82) is 0 Å². The summed E-state index contributed by atoms with van der Waals surface area (Å²) in [5, 5.41) is 2.97. The third-order valence-electron chi connectivity index (χ3n) is 3.88. The summed E-state index contributed by atoms with van der Waals surface area (Å²) in [7, 11) is 0. The molecule has 21 heavy (non-hydrogen) atoms. The maximum atomic E-state index is 12.1. The Morgan fingerprint density at radius 3 is 2.52 bits per heavy atom. The molecule has 1 aliphatic rings. The van der Waals surface area contributed by atoms with Crippen molar-refractivity contribution in [2.75, 3.05) is 44.6 Å². The van der Waals surface area contributed by atoms with Gasteiger partial charge in [-0.15, -0.1) is 0 Å². The van der Waals surface area contributed by atoms with E-state index in [-0.39, 0.29) is 5.91 Å². The van der Waals surface area contributed by atoms with Crippen LogP contribution < -0.4 is 11.1 Å². The Labute approximate surface area is 127 Å². The van der Waals surface area contributed by atoms with Gasteiger partial charge in [0.25, 0.3) is 0 Å². The molecule has 1 aromatic rings. The Morgan fingerprint density at radius 2 is 1.86 bits per heavy atom. The number of nitrogens with one attached hydrogen (secondary N) is 1. The Bertz CT molecular complexity index is 455. The second-order valence-corrected chi connectivity index (χ2v) is 5.53. The van der Waals surface area contributed by atoms with Gasteiger partial charge in [-0.05, 0) is 24.6 Å². The highest BCUT2D eigenvalue weighted by Gasteiger charge is 2.18. The standard InChI is InChI=1S/C16H26N4O/c1-2-7-19-8-10-20(11-9-19)13-16(21)18-15-6-4-3-5-14(15)12-17/h3-6H,2,7-13,17H2,1H3,(H,18,21). The first-order chi connectivity index (χ1) is 10.2. The van der Waals surface area contributed by atoms with E-state index in [2.05, 4.69) is 22.0 Å². The number of hydrogen-bond donors (Lipinski definition) is 2. The largest absolute Gasteiger partial charge is 0.326 e. The summed E-state index contributed by atoms with van der Waals surface area (Å²) in [4.78, 5) is 16.8. The van der Waals surface area contributed by atoms with Crippen LogP contribution in [0.1, 0.15) is 18.9 Å². The smallest absolute Gasteiger partial charge is 0.238 e. The molecule has 1 aliphatic heterocycles.